The molecule has 2 heterocycles. The Hall–Kier alpha value is -3.34. The van der Waals surface area contributed by atoms with Gasteiger partial charge in [0.2, 0.25) is 5.43 Å². The molecule has 2 aliphatic rings. The Labute approximate surface area is 188 Å². The van der Waals surface area contributed by atoms with Crippen molar-refractivity contribution in [3.05, 3.63) is 99.0 Å². The lowest BCUT2D eigenvalue weighted by Gasteiger charge is -2.36. The Morgan fingerprint density at radius 3 is 2.28 bits per heavy atom. The molecule has 5 nitrogen and oxygen atoms in total. The maximum Gasteiger partial charge on any atom is 0.272 e. The molecule has 32 heavy (non-hydrogen) atoms. The summed E-state index contributed by atoms with van der Waals surface area (Å²) >= 11 is 0. The van der Waals surface area contributed by atoms with Gasteiger partial charge in [-0.25, -0.2) is 0 Å². The monoisotopic (exact) mass is 428 g/mol. The van der Waals surface area contributed by atoms with Gasteiger partial charge in [-0.05, 0) is 41.5 Å². The normalized spacial score (nSPS) is 17.5. The molecule has 1 unspecified atom stereocenters. The third-order valence-corrected chi connectivity index (χ3v) is 6.70. The van der Waals surface area contributed by atoms with Gasteiger partial charge in [-0.3, -0.25) is 9.59 Å². The van der Waals surface area contributed by atoms with Gasteiger partial charge in [-0.15, -0.1) is 0 Å². The number of hydrogen-bond donors (Lipinski definition) is 1. The van der Waals surface area contributed by atoms with E-state index in [1.165, 1.54) is 28.3 Å². The van der Waals surface area contributed by atoms with Crippen molar-refractivity contribution < 1.29 is 9.53 Å². The van der Waals surface area contributed by atoms with Gasteiger partial charge in [0.25, 0.3) is 5.91 Å². The minimum atomic E-state index is -0.249. The van der Waals surface area contributed by atoms with Crippen molar-refractivity contribution in [2.75, 3.05) is 13.2 Å². The number of nitrogens with one attached hydrogen (secondary N) is 1. The van der Waals surface area contributed by atoms with Crippen molar-refractivity contribution in [1.82, 2.24) is 9.88 Å². The van der Waals surface area contributed by atoms with Crippen molar-refractivity contribution in [3.63, 3.8) is 0 Å². The Morgan fingerprint density at radius 1 is 0.969 bits per heavy atom. The molecule has 1 amide bonds. The summed E-state index contributed by atoms with van der Waals surface area (Å²) in [5.74, 6) is -0.0192. The molecule has 1 aromatic heterocycles. The first-order valence-electron chi connectivity index (χ1n) is 11.5. The van der Waals surface area contributed by atoms with E-state index in [1.807, 2.05) is 4.57 Å². The van der Waals surface area contributed by atoms with Gasteiger partial charge >= 0.3 is 0 Å². The summed E-state index contributed by atoms with van der Waals surface area (Å²) in [6.45, 7) is 2.99. The minimum Gasteiger partial charge on any atom is -0.487 e. The molecular formula is C27H28N2O3. The van der Waals surface area contributed by atoms with Crippen molar-refractivity contribution in [2.45, 2.75) is 44.6 Å². The number of aromatic nitrogens is 1. The number of fused-ring (bicyclic) bond motifs is 3. The van der Waals surface area contributed by atoms with E-state index in [0.29, 0.717) is 18.8 Å². The smallest absolute Gasteiger partial charge is 0.272 e. The number of amides is 1. The minimum absolute atomic E-state index is 0.0581. The summed E-state index contributed by atoms with van der Waals surface area (Å²) in [7, 11) is 0. The van der Waals surface area contributed by atoms with Crippen LogP contribution in [-0.2, 0) is 12.8 Å². The van der Waals surface area contributed by atoms with E-state index < -0.39 is 0 Å². The lowest BCUT2D eigenvalue weighted by Crippen LogP contribution is -2.43. The van der Waals surface area contributed by atoms with Gasteiger partial charge in [-0.2, -0.15) is 0 Å². The number of nitrogens with zero attached hydrogens (tertiary/aromatic N) is 1. The van der Waals surface area contributed by atoms with E-state index in [4.69, 9.17) is 4.74 Å². The molecule has 0 spiro atoms. The molecule has 0 saturated heterocycles. The fourth-order valence-corrected chi connectivity index (χ4v) is 5.13. The molecule has 1 N–H and O–H groups in total. The fourth-order valence-electron chi connectivity index (χ4n) is 5.13. The molecule has 0 radical (unpaired) electrons. The van der Waals surface area contributed by atoms with Crippen LogP contribution in [0.5, 0.6) is 5.75 Å². The number of benzene rings is 2. The average molecular weight is 429 g/mol. The van der Waals surface area contributed by atoms with Crippen LogP contribution in [0.4, 0.5) is 0 Å². The van der Waals surface area contributed by atoms with Crippen LogP contribution in [-0.4, -0.2) is 23.6 Å². The number of aryl methyl sites for hydroxylation is 2. The zero-order valence-electron chi connectivity index (χ0n) is 18.3. The van der Waals surface area contributed by atoms with Crippen LogP contribution in [0.15, 0.2) is 65.6 Å². The lowest BCUT2D eigenvalue weighted by atomic mass is 9.81. The second kappa shape index (κ2) is 8.65. The van der Waals surface area contributed by atoms with E-state index >= 15 is 0 Å². The SMILES string of the molecule is CCCCOc1c2n(ccc1=O)C(C1c3ccccc3CCc3ccccc31)CNC2=O. The maximum absolute atomic E-state index is 12.9. The molecule has 164 valence electrons. The number of carbonyl (C=O) groups is 1. The maximum atomic E-state index is 12.9. The highest BCUT2D eigenvalue weighted by molar-refractivity contribution is 5.96. The predicted molar refractivity (Wildman–Crippen MR) is 125 cm³/mol. The van der Waals surface area contributed by atoms with Gasteiger partial charge in [0.05, 0.1) is 12.6 Å². The van der Waals surface area contributed by atoms with Crippen LogP contribution in [0, 0.1) is 0 Å². The predicted octanol–water partition coefficient (Wildman–Crippen LogP) is 4.24. The number of hydrogen-bond acceptors (Lipinski definition) is 3. The summed E-state index contributed by atoms with van der Waals surface area (Å²) in [5, 5.41) is 3.05. The van der Waals surface area contributed by atoms with Crippen LogP contribution >= 0.6 is 0 Å². The molecule has 3 aromatic rings. The molecule has 1 atom stereocenters. The topological polar surface area (TPSA) is 60.3 Å². The largest absolute Gasteiger partial charge is 0.487 e. The van der Waals surface area contributed by atoms with Gasteiger partial charge < -0.3 is 14.6 Å². The summed E-state index contributed by atoms with van der Waals surface area (Å²) in [5.41, 5.74) is 5.35. The lowest BCUT2D eigenvalue weighted by molar-refractivity contribution is 0.0902. The van der Waals surface area contributed by atoms with Crippen molar-refractivity contribution in [2.24, 2.45) is 0 Å². The number of carbonyl (C=O) groups excluding carboxylic acids is 1. The summed E-state index contributed by atoms with van der Waals surface area (Å²) in [6.07, 6.45) is 5.54. The highest BCUT2D eigenvalue weighted by Gasteiger charge is 2.37. The molecular weight excluding hydrogens is 400 g/mol. The van der Waals surface area contributed by atoms with Crippen molar-refractivity contribution in [3.8, 4) is 5.75 Å². The third kappa shape index (κ3) is 3.52. The van der Waals surface area contributed by atoms with Gasteiger partial charge in [0.1, 0.15) is 0 Å². The van der Waals surface area contributed by atoms with E-state index in [9.17, 15) is 9.59 Å². The molecule has 1 aliphatic heterocycles. The van der Waals surface area contributed by atoms with Gasteiger partial charge in [0, 0.05) is 24.7 Å². The second-order valence-electron chi connectivity index (χ2n) is 8.62. The first kappa shape index (κ1) is 20.6. The number of rotatable bonds is 5. The third-order valence-electron chi connectivity index (χ3n) is 6.70. The Kier molecular flexibility index (Phi) is 5.56. The number of ether oxygens (including phenoxy) is 1. The first-order valence-corrected chi connectivity index (χ1v) is 11.5. The molecule has 2 aromatic carbocycles. The van der Waals surface area contributed by atoms with Crippen LogP contribution < -0.4 is 15.5 Å². The number of unbranched alkanes of at least 4 members (excludes halogenated alkanes) is 1. The zero-order valence-corrected chi connectivity index (χ0v) is 18.3. The van der Waals surface area contributed by atoms with E-state index in [2.05, 4.69) is 60.8 Å². The highest BCUT2D eigenvalue weighted by Crippen LogP contribution is 2.42. The quantitative estimate of drug-likeness (QED) is 0.619. The van der Waals surface area contributed by atoms with E-state index in [0.717, 1.165) is 25.7 Å². The zero-order chi connectivity index (χ0) is 22.1. The molecule has 0 saturated carbocycles. The molecule has 5 heteroatoms. The standard InChI is InChI=1S/C27H28N2O3/c1-2-3-16-32-26-23(30)14-15-29-22(17-28-27(31)25(26)29)24-20-10-6-4-8-18(20)12-13-19-9-5-7-11-21(19)24/h4-11,14-15,22,24H,2-3,12-13,16-17H2,1H3,(H,28,31). The molecule has 5 rings (SSSR count). The van der Waals surface area contributed by atoms with Gasteiger partial charge in [0.15, 0.2) is 11.4 Å². The Balaban J connectivity index is 1.68. The summed E-state index contributed by atoms with van der Waals surface area (Å²) < 4.78 is 7.83. The highest BCUT2D eigenvalue weighted by atomic mass is 16.5. The Morgan fingerprint density at radius 2 is 1.62 bits per heavy atom. The van der Waals surface area contributed by atoms with Crippen LogP contribution in [0.25, 0.3) is 0 Å². The molecule has 1 aliphatic carbocycles. The molecule has 0 bridgehead atoms. The average Bonchev–Trinajstić information content (AvgIpc) is 2.98. The number of pyridine rings is 1. The van der Waals surface area contributed by atoms with E-state index in [1.54, 1.807) is 6.20 Å². The van der Waals surface area contributed by atoms with Crippen LogP contribution in [0.1, 0.15) is 64.5 Å². The molecule has 0 fully saturated rings. The second-order valence-corrected chi connectivity index (χ2v) is 8.62. The van der Waals surface area contributed by atoms with Crippen molar-refractivity contribution in [1.29, 1.82) is 0 Å². The van der Waals surface area contributed by atoms with Crippen LogP contribution in [0.2, 0.25) is 0 Å². The van der Waals surface area contributed by atoms with Crippen LogP contribution in [0.3, 0.4) is 0 Å². The first-order chi connectivity index (χ1) is 15.7. The summed E-state index contributed by atoms with van der Waals surface area (Å²) in [4.78, 5) is 25.6. The van der Waals surface area contributed by atoms with Gasteiger partial charge in [-0.1, -0.05) is 61.9 Å². The summed E-state index contributed by atoms with van der Waals surface area (Å²) in [6, 6.07) is 18.7. The fraction of sp³-hybridized carbons (Fsp3) is 0.333. The van der Waals surface area contributed by atoms with E-state index in [-0.39, 0.29) is 29.0 Å². The Bertz CT molecular complexity index is 1170. The van der Waals surface area contributed by atoms with Crippen molar-refractivity contribution >= 4 is 5.91 Å².